The van der Waals surface area contributed by atoms with Crippen molar-refractivity contribution >= 4 is 73.2 Å². The first kappa shape index (κ1) is 42.7. The third-order valence-corrected chi connectivity index (χ3v) is 12.2. The lowest BCUT2D eigenvalue weighted by molar-refractivity contribution is -0.137. The second-order valence-corrected chi connectivity index (χ2v) is 19.1. The zero-order valence-corrected chi connectivity index (χ0v) is 35.9. The molecular formula is C42H52ClF2N7O6S. The first-order valence-corrected chi connectivity index (χ1v) is 21.5. The van der Waals surface area contributed by atoms with E-state index in [4.69, 9.17) is 36.1 Å². The minimum atomic E-state index is -0.793. The van der Waals surface area contributed by atoms with Crippen molar-refractivity contribution in [3.05, 3.63) is 40.7 Å². The monoisotopic (exact) mass is 855 g/mol. The minimum absolute atomic E-state index is 0.00738. The van der Waals surface area contributed by atoms with Gasteiger partial charge in [0.25, 0.3) is 0 Å². The molecule has 0 aliphatic carbocycles. The number of hydrogen-bond donors (Lipinski definition) is 2. The van der Waals surface area contributed by atoms with Crippen molar-refractivity contribution in [2.75, 3.05) is 36.4 Å². The van der Waals surface area contributed by atoms with Crippen molar-refractivity contribution in [3.63, 3.8) is 0 Å². The van der Waals surface area contributed by atoms with Crippen LogP contribution in [0, 0.1) is 11.6 Å². The zero-order chi connectivity index (χ0) is 42.4. The number of aryl methyl sites for hydroxylation is 1. The second kappa shape index (κ2) is 16.9. The number of anilines is 2. The van der Waals surface area contributed by atoms with Crippen LogP contribution >= 0.6 is 22.9 Å². The number of fused-ring (bicyclic) bond motifs is 4. The van der Waals surface area contributed by atoms with Crippen molar-refractivity contribution in [1.29, 1.82) is 0 Å². The van der Waals surface area contributed by atoms with Gasteiger partial charge in [-0.3, -0.25) is 15.0 Å². The lowest BCUT2D eigenvalue weighted by Crippen LogP contribution is -2.57. The number of carboxylic acids is 1. The highest BCUT2D eigenvalue weighted by molar-refractivity contribution is 7.22. The fourth-order valence-corrected chi connectivity index (χ4v) is 9.71. The Bertz CT molecular complexity index is 2250. The van der Waals surface area contributed by atoms with Gasteiger partial charge in [0.05, 0.1) is 27.3 Å². The smallest absolute Gasteiger partial charge is 0.413 e. The van der Waals surface area contributed by atoms with Gasteiger partial charge in [0.1, 0.15) is 34.2 Å². The molecule has 59 heavy (non-hydrogen) atoms. The molecule has 13 nitrogen and oxygen atoms in total. The molecule has 2 bridgehead atoms. The van der Waals surface area contributed by atoms with Gasteiger partial charge in [-0.1, -0.05) is 22.9 Å². The highest BCUT2D eigenvalue weighted by Gasteiger charge is 2.45. The summed E-state index contributed by atoms with van der Waals surface area (Å²) >= 11 is 7.90. The van der Waals surface area contributed by atoms with E-state index in [1.807, 2.05) is 25.7 Å². The first-order chi connectivity index (χ1) is 27.8. The summed E-state index contributed by atoms with van der Waals surface area (Å²) in [6, 6.07) is 4.28. The van der Waals surface area contributed by atoms with Gasteiger partial charge in [0, 0.05) is 48.5 Å². The number of aromatic nitrogens is 3. The van der Waals surface area contributed by atoms with Crippen LogP contribution in [0.15, 0.2) is 18.2 Å². The minimum Gasteiger partial charge on any atom is -0.481 e. The van der Waals surface area contributed by atoms with Crippen LogP contribution in [0.1, 0.15) is 98.7 Å². The number of hydrogen-bond acceptors (Lipinski definition) is 11. The van der Waals surface area contributed by atoms with Crippen LogP contribution in [0.25, 0.3) is 32.2 Å². The van der Waals surface area contributed by atoms with Crippen molar-refractivity contribution in [3.8, 4) is 11.1 Å². The maximum atomic E-state index is 17.4. The Morgan fingerprint density at radius 1 is 0.966 bits per heavy atom. The van der Waals surface area contributed by atoms with E-state index < -0.39 is 34.9 Å². The molecule has 3 saturated heterocycles. The molecule has 4 aromatic rings. The standard InChI is InChI=1S/C42H52ClF2N7O6S/c1-41(2,3)57-39(55)49-38-48-35-26(15-16-29(44)36(35)59-38)32-28(43)20-27-34(33(32)45)46-30(17-14-23-10-9-19-50(23)18-8-7-11-31(53)54)47-37(27)51-21-24-12-13-25(22-51)52(24)40(56)58-42(4,5)6/h15-16,20,23-25H,7-14,17-19,21-22H2,1-6H3,(H,53,54)(H,48,49,55)/t23-,24?,25?/m0/s1. The number of halogens is 3. The van der Waals surface area contributed by atoms with E-state index in [1.54, 1.807) is 26.8 Å². The van der Waals surface area contributed by atoms with E-state index in [1.165, 1.54) is 12.1 Å². The molecule has 2 aromatic heterocycles. The SMILES string of the molecule is CC(C)(C)OC(=O)Nc1nc2c(-c3c(Cl)cc4c(N5CC6CCC(C5)N6C(=O)OC(C)(C)C)nc(CC[C@@H]5CCCN5CCCCC(=O)O)nc4c3F)ccc(F)c2s1. The summed E-state index contributed by atoms with van der Waals surface area (Å²) in [7, 11) is 0. The normalized spacial score (nSPS) is 19.8. The number of carbonyl (C=O) groups excluding carboxylic acids is 2. The maximum Gasteiger partial charge on any atom is 0.413 e. The van der Waals surface area contributed by atoms with Gasteiger partial charge in [-0.2, -0.15) is 0 Å². The fraction of sp³-hybridized carbons (Fsp3) is 0.571. The van der Waals surface area contributed by atoms with E-state index >= 15 is 8.78 Å². The number of carbonyl (C=O) groups is 3. The lowest BCUT2D eigenvalue weighted by atomic mass is 10.0. The zero-order valence-electron chi connectivity index (χ0n) is 34.4. The van der Waals surface area contributed by atoms with E-state index in [-0.39, 0.29) is 67.7 Å². The number of carboxylic acid groups (broad SMARTS) is 1. The molecule has 0 spiro atoms. The molecule has 7 rings (SSSR count). The largest absolute Gasteiger partial charge is 0.481 e. The fourth-order valence-electron chi connectivity index (χ4n) is 8.54. The molecule has 2 unspecified atom stereocenters. The Labute approximate surface area is 351 Å². The van der Waals surface area contributed by atoms with Crippen LogP contribution in [0.2, 0.25) is 5.02 Å². The quantitative estimate of drug-likeness (QED) is 0.139. The molecular weight excluding hydrogens is 804 g/mol. The van der Waals surface area contributed by atoms with Crippen LogP contribution < -0.4 is 10.2 Å². The third-order valence-electron chi connectivity index (χ3n) is 11.0. The van der Waals surface area contributed by atoms with E-state index in [0.29, 0.717) is 43.0 Å². The van der Waals surface area contributed by atoms with Crippen LogP contribution in [0.5, 0.6) is 0 Å². The van der Waals surface area contributed by atoms with Gasteiger partial charge in [0.15, 0.2) is 10.9 Å². The molecule has 5 heterocycles. The van der Waals surface area contributed by atoms with Crippen molar-refractivity contribution in [1.82, 2.24) is 24.8 Å². The van der Waals surface area contributed by atoms with Crippen molar-refractivity contribution in [2.45, 2.75) is 129 Å². The molecule has 0 radical (unpaired) electrons. The van der Waals surface area contributed by atoms with Crippen LogP contribution in [-0.4, -0.2) is 104 Å². The van der Waals surface area contributed by atoms with Gasteiger partial charge in [0.2, 0.25) is 0 Å². The average molecular weight is 856 g/mol. The molecule has 3 aliphatic rings. The van der Waals surface area contributed by atoms with Crippen LogP contribution in [-0.2, 0) is 20.7 Å². The molecule has 3 atom stereocenters. The van der Waals surface area contributed by atoms with Gasteiger partial charge >= 0.3 is 18.2 Å². The number of benzene rings is 2. The molecule has 17 heteroatoms. The average Bonchev–Trinajstić information content (AvgIpc) is 3.84. The van der Waals surface area contributed by atoms with Gasteiger partial charge < -0.3 is 24.4 Å². The Morgan fingerprint density at radius 2 is 1.68 bits per heavy atom. The van der Waals surface area contributed by atoms with E-state index in [2.05, 4.69) is 20.1 Å². The van der Waals surface area contributed by atoms with Crippen molar-refractivity contribution < 1.29 is 37.7 Å². The molecule has 0 saturated carbocycles. The van der Waals surface area contributed by atoms with Crippen molar-refractivity contribution in [2.24, 2.45) is 0 Å². The number of nitrogens with one attached hydrogen (secondary N) is 1. The molecule has 3 fully saturated rings. The van der Waals surface area contributed by atoms with Gasteiger partial charge in [-0.15, -0.1) is 0 Å². The number of likely N-dealkylation sites (tertiary alicyclic amines) is 1. The topological polar surface area (TPSA) is 150 Å². The van der Waals surface area contributed by atoms with Crippen LogP contribution in [0.3, 0.4) is 0 Å². The first-order valence-electron chi connectivity index (χ1n) is 20.4. The van der Waals surface area contributed by atoms with Crippen LogP contribution in [0.4, 0.5) is 29.3 Å². The molecule has 2 N–H and O–H groups in total. The molecule has 3 aliphatic heterocycles. The highest BCUT2D eigenvalue weighted by Crippen LogP contribution is 2.44. The number of aliphatic carboxylic acids is 1. The predicted molar refractivity (Wildman–Crippen MR) is 224 cm³/mol. The second-order valence-electron chi connectivity index (χ2n) is 17.7. The number of amides is 2. The Hall–Kier alpha value is -4.41. The lowest BCUT2D eigenvalue weighted by Gasteiger charge is -2.42. The summed E-state index contributed by atoms with van der Waals surface area (Å²) in [5, 5.41) is 12.2. The summed E-state index contributed by atoms with van der Waals surface area (Å²) in [5.74, 6) is -1.11. The molecule has 2 aromatic carbocycles. The predicted octanol–water partition coefficient (Wildman–Crippen LogP) is 9.43. The Kier molecular flexibility index (Phi) is 12.2. The number of ether oxygens (including phenoxy) is 2. The number of nitrogens with zero attached hydrogens (tertiary/aromatic N) is 6. The van der Waals surface area contributed by atoms with E-state index in [0.717, 1.165) is 63.0 Å². The summed E-state index contributed by atoms with van der Waals surface area (Å²) in [6.45, 7) is 13.4. The summed E-state index contributed by atoms with van der Waals surface area (Å²) in [4.78, 5) is 57.7. The number of rotatable bonds is 11. The third kappa shape index (κ3) is 9.65. The summed E-state index contributed by atoms with van der Waals surface area (Å²) in [6.07, 6.45) is 5.25. The van der Waals surface area contributed by atoms with Gasteiger partial charge in [-0.05, 0) is 118 Å². The van der Waals surface area contributed by atoms with Gasteiger partial charge in [-0.25, -0.2) is 33.3 Å². The Balaban J connectivity index is 1.25. The number of thiazole rings is 1. The molecule has 318 valence electrons. The maximum absolute atomic E-state index is 17.4. The summed E-state index contributed by atoms with van der Waals surface area (Å²) < 4.78 is 43.9. The summed E-state index contributed by atoms with van der Waals surface area (Å²) in [5.41, 5.74) is -1.01. The van der Waals surface area contributed by atoms with E-state index in [9.17, 15) is 14.4 Å². The number of unbranched alkanes of at least 4 members (excludes halogenated alkanes) is 1. The molecule has 2 amide bonds. The Morgan fingerprint density at radius 3 is 2.36 bits per heavy atom. The highest BCUT2D eigenvalue weighted by atomic mass is 35.5. The number of piperazine rings is 1.